The zero-order valence-electron chi connectivity index (χ0n) is 10.2. The molecule has 6 heteroatoms. The Labute approximate surface area is 104 Å². The second-order valence-electron chi connectivity index (χ2n) is 3.60. The molecule has 0 N–H and O–H groups in total. The Bertz CT molecular complexity index is 537. The number of aryl methyl sites for hydroxylation is 1. The van der Waals surface area contributed by atoms with Crippen molar-refractivity contribution < 1.29 is 14.3 Å². The number of esters is 1. The molecular weight excluding hydrogens is 234 g/mol. The number of hydrogen-bond acceptors (Lipinski definition) is 5. The van der Waals surface area contributed by atoms with E-state index in [-0.39, 0.29) is 6.61 Å². The number of rotatable bonds is 4. The lowest BCUT2D eigenvalue weighted by Crippen LogP contribution is -2.12. The first-order chi connectivity index (χ1) is 8.70. The van der Waals surface area contributed by atoms with Crippen molar-refractivity contribution in [2.75, 3.05) is 13.7 Å². The van der Waals surface area contributed by atoms with Gasteiger partial charge in [-0.3, -0.25) is 9.67 Å². The summed E-state index contributed by atoms with van der Waals surface area (Å²) < 4.78 is 11.4. The third-order valence-corrected chi connectivity index (χ3v) is 2.38. The number of nitrogens with zero attached hydrogens (tertiary/aromatic N) is 3. The summed E-state index contributed by atoms with van der Waals surface area (Å²) in [5.41, 5.74) is 1.79. The van der Waals surface area contributed by atoms with E-state index in [2.05, 4.69) is 14.8 Å². The van der Waals surface area contributed by atoms with Gasteiger partial charge in [-0.1, -0.05) is 0 Å². The van der Waals surface area contributed by atoms with Gasteiger partial charge in [-0.15, -0.1) is 5.10 Å². The van der Waals surface area contributed by atoms with E-state index in [1.807, 2.05) is 12.1 Å². The van der Waals surface area contributed by atoms with Gasteiger partial charge in [0.05, 0.1) is 12.8 Å². The third-order valence-electron chi connectivity index (χ3n) is 2.38. The molecule has 0 saturated carbocycles. The van der Waals surface area contributed by atoms with E-state index < -0.39 is 5.97 Å². The van der Waals surface area contributed by atoms with Gasteiger partial charge in [-0.25, -0.2) is 4.79 Å². The standard InChI is InChI=1S/C12H13N3O3/c1-15-10(9-4-3-5-13-7-9)6-11(14-15)18-8-12(16)17-2/h3-7H,8H2,1-2H3. The second-order valence-corrected chi connectivity index (χ2v) is 3.60. The fourth-order valence-electron chi connectivity index (χ4n) is 1.49. The van der Waals surface area contributed by atoms with Crippen LogP contribution in [0.4, 0.5) is 0 Å². The lowest BCUT2D eigenvalue weighted by molar-refractivity contribution is -0.143. The summed E-state index contributed by atoms with van der Waals surface area (Å²) in [5, 5.41) is 4.15. The average Bonchev–Trinajstić information content (AvgIpc) is 2.78. The number of carbonyl (C=O) groups excluding carboxylic acids is 1. The van der Waals surface area contributed by atoms with Gasteiger partial charge in [0.25, 0.3) is 0 Å². The molecule has 2 aromatic rings. The Morgan fingerprint density at radius 1 is 1.50 bits per heavy atom. The van der Waals surface area contributed by atoms with Crippen LogP contribution in [0.15, 0.2) is 30.6 Å². The van der Waals surface area contributed by atoms with Crippen LogP contribution in [0, 0.1) is 0 Å². The van der Waals surface area contributed by atoms with Crippen LogP contribution in [0.3, 0.4) is 0 Å². The van der Waals surface area contributed by atoms with Crippen molar-refractivity contribution in [2.45, 2.75) is 0 Å². The smallest absolute Gasteiger partial charge is 0.343 e. The highest BCUT2D eigenvalue weighted by molar-refractivity contribution is 5.70. The molecule has 0 aliphatic rings. The minimum atomic E-state index is -0.441. The fourth-order valence-corrected chi connectivity index (χ4v) is 1.49. The first kappa shape index (κ1) is 12.1. The zero-order chi connectivity index (χ0) is 13.0. The number of methoxy groups -OCH3 is 1. The Morgan fingerprint density at radius 3 is 3.00 bits per heavy atom. The number of ether oxygens (including phenoxy) is 2. The molecule has 2 rings (SSSR count). The van der Waals surface area contributed by atoms with E-state index in [9.17, 15) is 4.79 Å². The monoisotopic (exact) mass is 247 g/mol. The maximum atomic E-state index is 11.0. The summed E-state index contributed by atoms with van der Waals surface area (Å²) in [7, 11) is 3.11. The molecule has 0 aromatic carbocycles. The SMILES string of the molecule is COC(=O)COc1cc(-c2cccnc2)n(C)n1. The summed E-state index contributed by atoms with van der Waals surface area (Å²) in [4.78, 5) is 15.0. The number of carbonyl (C=O) groups is 1. The molecule has 0 radical (unpaired) electrons. The van der Waals surface area contributed by atoms with Gasteiger partial charge in [-0.2, -0.15) is 0 Å². The van der Waals surface area contributed by atoms with Gasteiger partial charge < -0.3 is 9.47 Å². The molecule has 0 aliphatic heterocycles. The van der Waals surface area contributed by atoms with Gasteiger partial charge in [0, 0.05) is 31.1 Å². The van der Waals surface area contributed by atoms with Crippen LogP contribution < -0.4 is 4.74 Å². The molecule has 2 aromatic heterocycles. The maximum absolute atomic E-state index is 11.0. The van der Waals surface area contributed by atoms with Gasteiger partial charge in [-0.05, 0) is 12.1 Å². The molecule has 0 spiro atoms. The summed E-state index contributed by atoms with van der Waals surface area (Å²) >= 11 is 0. The maximum Gasteiger partial charge on any atom is 0.343 e. The molecule has 0 atom stereocenters. The minimum absolute atomic E-state index is 0.153. The summed E-state index contributed by atoms with van der Waals surface area (Å²) in [6.45, 7) is -0.153. The largest absolute Gasteiger partial charge is 0.466 e. The van der Waals surface area contributed by atoms with E-state index in [0.29, 0.717) is 5.88 Å². The molecular formula is C12H13N3O3. The van der Waals surface area contributed by atoms with Crippen LogP contribution in [0.2, 0.25) is 0 Å². The lowest BCUT2D eigenvalue weighted by Gasteiger charge is -1.99. The first-order valence-corrected chi connectivity index (χ1v) is 5.35. The highest BCUT2D eigenvalue weighted by atomic mass is 16.6. The molecule has 6 nitrogen and oxygen atoms in total. The molecule has 0 saturated heterocycles. The molecule has 0 bridgehead atoms. The lowest BCUT2D eigenvalue weighted by atomic mass is 10.2. The van der Waals surface area contributed by atoms with Crippen molar-refractivity contribution >= 4 is 5.97 Å². The van der Waals surface area contributed by atoms with Crippen molar-refractivity contribution in [1.82, 2.24) is 14.8 Å². The predicted octanol–water partition coefficient (Wildman–Crippen LogP) is 1.03. The summed E-state index contributed by atoms with van der Waals surface area (Å²) in [6, 6.07) is 5.52. The van der Waals surface area contributed by atoms with Crippen molar-refractivity contribution in [3.05, 3.63) is 30.6 Å². The van der Waals surface area contributed by atoms with Gasteiger partial charge in [0.15, 0.2) is 6.61 Å². The van der Waals surface area contributed by atoms with E-state index in [1.165, 1.54) is 7.11 Å². The van der Waals surface area contributed by atoms with Crippen LogP contribution in [-0.2, 0) is 16.6 Å². The van der Waals surface area contributed by atoms with Crippen LogP contribution in [0.1, 0.15) is 0 Å². The fraction of sp³-hybridized carbons (Fsp3) is 0.250. The Morgan fingerprint density at radius 2 is 2.33 bits per heavy atom. The molecule has 94 valence electrons. The van der Waals surface area contributed by atoms with Crippen LogP contribution in [0.5, 0.6) is 5.88 Å². The van der Waals surface area contributed by atoms with E-state index in [4.69, 9.17) is 4.74 Å². The van der Waals surface area contributed by atoms with Crippen molar-refractivity contribution in [1.29, 1.82) is 0 Å². The normalized spacial score (nSPS) is 10.1. The molecule has 0 amide bonds. The topological polar surface area (TPSA) is 66.2 Å². The average molecular weight is 247 g/mol. The van der Waals surface area contributed by atoms with Crippen molar-refractivity contribution in [2.24, 2.45) is 7.05 Å². The molecule has 0 unspecified atom stereocenters. The van der Waals surface area contributed by atoms with Crippen LogP contribution in [-0.4, -0.2) is 34.5 Å². The number of pyridine rings is 1. The summed E-state index contributed by atoms with van der Waals surface area (Å²) in [6.07, 6.45) is 3.44. The van der Waals surface area contributed by atoms with E-state index in [1.54, 1.807) is 30.2 Å². The van der Waals surface area contributed by atoms with Gasteiger partial charge >= 0.3 is 5.97 Å². The second kappa shape index (κ2) is 5.31. The zero-order valence-corrected chi connectivity index (χ0v) is 10.2. The van der Waals surface area contributed by atoms with Gasteiger partial charge in [0.1, 0.15) is 0 Å². The third kappa shape index (κ3) is 2.65. The molecule has 18 heavy (non-hydrogen) atoms. The molecule has 0 fully saturated rings. The van der Waals surface area contributed by atoms with Crippen LogP contribution >= 0.6 is 0 Å². The highest BCUT2D eigenvalue weighted by Crippen LogP contribution is 2.21. The Kier molecular flexibility index (Phi) is 3.57. The minimum Gasteiger partial charge on any atom is -0.466 e. The Balaban J connectivity index is 2.15. The molecule has 2 heterocycles. The van der Waals surface area contributed by atoms with Crippen molar-refractivity contribution in [3.8, 4) is 17.1 Å². The van der Waals surface area contributed by atoms with E-state index >= 15 is 0 Å². The number of aromatic nitrogens is 3. The van der Waals surface area contributed by atoms with Crippen molar-refractivity contribution in [3.63, 3.8) is 0 Å². The predicted molar refractivity (Wildman–Crippen MR) is 64.0 cm³/mol. The first-order valence-electron chi connectivity index (χ1n) is 5.35. The highest BCUT2D eigenvalue weighted by Gasteiger charge is 2.10. The summed E-state index contributed by atoms with van der Waals surface area (Å²) in [5.74, 6) is -0.0645. The van der Waals surface area contributed by atoms with Gasteiger partial charge in [0.2, 0.25) is 5.88 Å². The Hall–Kier alpha value is -2.37. The quantitative estimate of drug-likeness (QED) is 0.755. The van der Waals surface area contributed by atoms with E-state index in [0.717, 1.165) is 11.3 Å². The number of hydrogen-bond donors (Lipinski definition) is 0. The molecule has 0 aliphatic carbocycles. The van der Waals surface area contributed by atoms with Crippen LogP contribution in [0.25, 0.3) is 11.3 Å².